The second kappa shape index (κ2) is 17.1. The van der Waals surface area contributed by atoms with Crippen molar-refractivity contribution in [2.24, 2.45) is 5.11 Å². The Hall–Kier alpha value is -1.65. The van der Waals surface area contributed by atoms with E-state index in [2.05, 4.69) is 15.3 Å². The smallest absolute Gasteiger partial charge is 0.481 e. The molecule has 0 aromatic carbocycles. The molecule has 2 N–H and O–H groups in total. The molecule has 0 saturated carbocycles. The van der Waals surface area contributed by atoms with Crippen LogP contribution in [0.1, 0.15) is 77.6 Å². The molecule has 0 fully saturated rings. The van der Waals surface area contributed by atoms with Crippen molar-refractivity contribution in [2.45, 2.75) is 89.3 Å². The summed E-state index contributed by atoms with van der Waals surface area (Å²) in [4.78, 5) is 25.7. The number of nitrogens with zero attached hydrogens (tertiary/aromatic N) is 3. The molecule has 174 valence electrons. The van der Waals surface area contributed by atoms with Gasteiger partial charge in [-0.25, -0.2) is 0 Å². The Kier molecular flexibility index (Phi) is 16.1. The third-order valence-electron chi connectivity index (χ3n) is 5.13. The second-order valence-electron chi connectivity index (χ2n) is 7.17. The average molecular weight is 447 g/mol. The molecule has 10 nitrogen and oxygen atoms in total. The molecule has 0 aliphatic heterocycles. The summed E-state index contributed by atoms with van der Waals surface area (Å²) in [6, 6.07) is -0.960. The highest BCUT2D eigenvalue weighted by atomic mass is 28.4. The van der Waals surface area contributed by atoms with Crippen molar-refractivity contribution in [3.63, 3.8) is 0 Å². The molecule has 0 aromatic rings. The Balaban J connectivity index is 3.87. The lowest BCUT2D eigenvalue weighted by Gasteiger charge is -2.32. The molecule has 30 heavy (non-hydrogen) atoms. The predicted molar refractivity (Wildman–Crippen MR) is 116 cm³/mol. The van der Waals surface area contributed by atoms with Crippen molar-refractivity contribution in [3.05, 3.63) is 10.4 Å². The van der Waals surface area contributed by atoms with Gasteiger partial charge in [0.1, 0.15) is 6.04 Å². The number of aliphatic carboxylic acids is 1. The van der Waals surface area contributed by atoms with Gasteiger partial charge in [-0.1, -0.05) is 57.0 Å². The average Bonchev–Trinajstić information content (AvgIpc) is 2.74. The molecule has 0 heterocycles. The number of amides is 1. The Labute approximate surface area is 180 Å². The van der Waals surface area contributed by atoms with Gasteiger partial charge in [0.15, 0.2) is 0 Å². The summed E-state index contributed by atoms with van der Waals surface area (Å²) in [7, 11) is 1.73. The Morgan fingerprint density at radius 1 is 1.00 bits per heavy atom. The normalized spacial score (nSPS) is 13.3. The summed E-state index contributed by atoms with van der Waals surface area (Å²) in [5, 5.41) is 15.2. The minimum atomic E-state index is -2.89. The van der Waals surface area contributed by atoms with Crippen molar-refractivity contribution in [3.8, 4) is 0 Å². The summed E-state index contributed by atoms with van der Waals surface area (Å²) >= 11 is 0. The van der Waals surface area contributed by atoms with Crippen molar-refractivity contribution >= 4 is 20.7 Å². The van der Waals surface area contributed by atoms with Crippen LogP contribution in [0.3, 0.4) is 0 Å². The maximum atomic E-state index is 12.2. The standard InChI is InChI=1S/C19H38N4O6Si/c1-5-18(30(27-2,28-3)29-4)21-17(24)15-13-11-9-7-6-8-10-12-14-16(19(25)26)22-23-20/h16,18H,5-15H2,1-4H3,(H,21,24)(H,25,26). The van der Waals surface area contributed by atoms with Crippen LogP contribution in [0.15, 0.2) is 5.11 Å². The van der Waals surface area contributed by atoms with Crippen molar-refractivity contribution < 1.29 is 28.0 Å². The van der Waals surface area contributed by atoms with Gasteiger partial charge < -0.3 is 23.7 Å². The van der Waals surface area contributed by atoms with Crippen LogP contribution in [-0.2, 0) is 22.9 Å². The van der Waals surface area contributed by atoms with Gasteiger partial charge >= 0.3 is 14.8 Å². The minimum Gasteiger partial charge on any atom is -0.481 e. The van der Waals surface area contributed by atoms with Crippen molar-refractivity contribution in [1.29, 1.82) is 0 Å². The van der Waals surface area contributed by atoms with Gasteiger partial charge in [-0.3, -0.25) is 9.59 Å². The second-order valence-corrected chi connectivity index (χ2v) is 10.3. The topological polar surface area (TPSA) is 143 Å². The van der Waals surface area contributed by atoms with E-state index in [9.17, 15) is 9.59 Å². The van der Waals surface area contributed by atoms with Crippen LogP contribution < -0.4 is 5.32 Å². The van der Waals surface area contributed by atoms with E-state index < -0.39 is 20.8 Å². The van der Waals surface area contributed by atoms with E-state index in [1.54, 1.807) is 21.3 Å². The van der Waals surface area contributed by atoms with E-state index in [4.69, 9.17) is 23.9 Å². The number of hydrogen-bond acceptors (Lipinski definition) is 6. The first-order valence-electron chi connectivity index (χ1n) is 10.6. The fraction of sp³-hybridized carbons (Fsp3) is 0.895. The lowest BCUT2D eigenvalue weighted by atomic mass is 10.0. The number of carbonyl (C=O) groups excluding carboxylic acids is 1. The van der Waals surface area contributed by atoms with Gasteiger partial charge in [0, 0.05) is 32.7 Å². The lowest BCUT2D eigenvalue weighted by Crippen LogP contribution is -2.61. The Morgan fingerprint density at radius 2 is 1.50 bits per heavy atom. The first-order chi connectivity index (χ1) is 14.4. The van der Waals surface area contributed by atoms with Crippen LogP contribution in [0.4, 0.5) is 0 Å². The van der Waals surface area contributed by atoms with Gasteiger partial charge in [0.25, 0.3) is 0 Å². The Morgan fingerprint density at radius 3 is 1.93 bits per heavy atom. The summed E-state index contributed by atoms with van der Waals surface area (Å²) in [6.07, 6.45) is 9.26. The molecule has 0 spiro atoms. The van der Waals surface area contributed by atoms with Gasteiger partial charge in [0.05, 0.1) is 5.67 Å². The van der Waals surface area contributed by atoms with Crippen molar-refractivity contribution in [1.82, 2.24) is 5.32 Å². The first-order valence-corrected chi connectivity index (χ1v) is 12.4. The summed E-state index contributed by atoms with van der Waals surface area (Å²) in [6.45, 7) is 1.96. The van der Waals surface area contributed by atoms with Crippen LogP contribution >= 0.6 is 0 Å². The van der Waals surface area contributed by atoms with E-state index >= 15 is 0 Å². The van der Waals surface area contributed by atoms with E-state index in [0.29, 0.717) is 19.3 Å². The minimum absolute atomic E-state index is 0.0158. The number of unbranched alkanes of at least 4 members (excludes halogenated alkanes) is 7. The molecule has 0 aromatic heterocycles. The maximum Gasteiger partial charge on any atom is 0.523 e. The zero-order chi connectivity index (χ0) is 22.8. The molecule has 0 bridgehead atoms. The van der Waals surface area contributed by atoms with Crippen LogP contribution in [0.25, 0.3) is 10.4 Å². The zero-order valence-electron chi connectivity index (χ0n) is 18.8. The van der Waals surface area contributed by atoms with Gasteiger partial charge in [0.2, 0.25) is 5.91 Å². The predicted octanol–water partition coefficient (Wildman–Crippen LogP) is 3.96. The van der Waals surface area contributed by atoms with Gasteiger partial charge in [-0.05, 0) is 24.8 Å². The first kappa shape index (κ1) is 28.3. The van der Waals surface area contributed by atoms with Crippen LogP contribution in [0.5, 0.6) is 0 Å². The Bertz CT molecular complexity index is 531. The highest BCUT2D eigenvalue weighted by molar-refractivity contribution is 6.62. The quantitative estimate of drug-likeness (QED) is 0.101. The molecule has 1 amide bonds. The van der Waals surface area contributed by atoms with Crippen molar-refractivity contribution in [2.75, 3.05) is 21.3 Å². The molecular formula is C19H38N4O6Si. The number of nitrogens with one attached hydrogen (secondary N) is 1. The SMILES string of the molecule is CCC(NC(=O)CCCCCCCCCCC(N=[N+]=[N-])C(=O)O)[Si](OC)(OC)OC. The third-order valence-corrected chi connectivity index (χ3v) is 8.24. The molecule has 0 aliphatic rings. The maximum absolute atomic E-state index is 12.2. The molecule has 0 saturated heterocycles. The summed E-state index contributed by atoms with van der Waals surface area (Å²) in [5.41, 5.74) is 8.08. The number of rotatable bonds is 19. The molecule has 0 radical (unpaired) electrons. The van der Waals surface area contributed by atoms with Crippen LogP contribution in [0, 0.1) is 0 Å². The summed E-state index contributed by atoms with van der Waals surface area (Å²) < 4.78 is 16.4. The highest BCUT2D eigenvalue weighted by Gasteiger charge is 2.47. The fourth-order valence-electron chi connectivity index (χ4n) is 3.36. The number of carboxylic acid groups (broad SMARTS) is 1. The zero-order valence-corrected chi connectivity index (χ0v) is 19.8. The van der Waals surface area contributed by atoms with E-state index in [0.717, 1.165) is 51.4 Å². The number of hydrogen-bond donors (Lipinski definition) is 2. The lowest BCUT2D eigenvalue weighted by molar-refractivity contribution is -0.138. The molecule has 0 rings (SSSR count). The molecular weight excluding hydrogens is 408 g/mol. The van der Waals surface area contributed by atoms with E-state index in [1.165, 1.54) is 0 Å². The highest BCUT2D eigenvalue weighted by Crippen LogP contribution is 2.16. The van der Waals surface area contributed by atoms with Crippen LogP contribution in [-0.4, -0.2) is 58.8 Å². The van der Waals surface area contributed by atoms with E-state index in [-0.39, 0.29) is 11.6 Å². The number of carboxylic acids is 1. The van der Waals surface area contributed by atoms with E-state index in [1.807, 2.05) is 6.92 Å². The van der Waals surface area contributed by atoms with Gasteiger partial charge in [-0.15, -0.1) is 0 Å². The fourth-order valence-corrected chi connectivity index (χ4v) is 5.55. The third kappa shape index (κ3) is 10.9. The number of carbonyl (C=O) groups is 2. The molecule has 11 heteroatoms. The monoisotopic (exact) mass is 446 g/mol. The van der Waals surface area contributed by atoms with Gasteiger partial charge in [-0.2, -0.15) is 0 Å². The number of azide groups is 1. The molecule has 0 aliphatic carbocycles. The molecule has 2 atom stereocenters. The molecule has 2 unspecified atom stereocenters. The largest absolute Gasteiger partial charge is 0.523 e. The van der Waals surface area contributed by atoms with Crippen LogP contribution in [0.2, 0.25) is 0 Å². The summed E-state index contributed by atoms with van der Waals surface area (Å²) in [5.74, 6) is -1.08.